The Morgan fingerprint density at radius 3 is 2.56 bits per heavy atom. The maximum Gasteiger partial charge on any atom is 0.251 e. The van der Waals surface area contributed by atoms with Crippen molar-refractivity contribution in [2.24, 2.45) is 0 Å². The summed E-state index contributed by atoms with van der Waals surface area (Å²) in [5.74, 6) is -2.89. The van der Waals surface area contributed by atoms with Crippen LogP contribution in [0.15, 0.2) is 30.3 Å². The first-order chi connectivity index (χ1) is 7.57. The molecule has 1 saturated carbocycles. The van der Waals surface area contributed by atoms with E-state index in [4.69, 9.17) is 0 Å². The van der Waals surface area contributed by atoms with E-state index in [2.05, 4.69) is 5.32 Å². The predicted octanol–water partition coefficient (Wildman–Crippen LogP) is 2.60. The first-order valence-electron chi connectivity index (χ1n) is 5.31. The molecule has 16 heavy (non-hydrogen) atoms. The maximum absolute atomic E-state index is 12.9. The van der Waals surface area contributed by atoms with Gasteiger partial charge in [0.2, 0.25) is 5.92 Å². The number of alkyl halides is 2. The Labute approximate surface area is 92.7 Å². The fourth-order valence-corrected chi connectivity index (χ4v) is 1.93. The molecule has 0 bridgehead atoms. The highest BCUT2D eigenvalue weighted by Crippen LogP contribution is 2.34. The molecule has 1 unspecified atom stereocenters. The molecule has 0 spiro atoms. The molecular weight excluding hydrogens is 212 g/mol. The van der Waals surface area contributed by atoms with E-state index >= 15 is 0 Å². The van der Waals surface area contributed by atoms with Gasteiger partial charge in [-0.3, -0.25) is 4.79 Å². The normalized spacial score (nSPS) is 23.0. The van der Waals surface area contributed by atoms with Crippen molar-refractivity contribution in [3.63, 3.8) is 0 Å². The van der Waals surface area contributed by atoms with E-state index in [-0.39, 0.29) is 18.7 Å². The van der Waals surface area contributed by atoms with Crippen LogP contribution >= 0.6 is 0 Å². The van der Waals surface area contributed by atoms with Gasteiger partial charge in [0.1, 0.15) is 0 Å². The van der Waals surface area contributed by atoms with Crippen LogP contribution in [0.4, 0.5) is 8.78 Å². The molecule has 0 aromatic heterocycles. The monoisotopic (exact) mass is 225 g/mol. The molecule has 1 N–H and O–H groups in total. The van der Waals surface area contributed by atoms with E-state index in [1.54, 1.807) is 30.3 Å². The second-order valence-electron chi connectivity index (χ2n) is 4.14. The van der Waals surface area contributed by atoms with Crippen LogP contribution in [0, 0.1) is 0 Å². The first-order valence-corrected chi connectivity index (χ1v) is 5.31. The summed E-state index contributed by atoms with van der Waals surface area (Å²) in [5, 5.41) is 2.63. The molecule has 2 rings (SSSR count). The summed E-state index contributed by atoms with van der Waals surface area (Å²) in [5.41, 5.74) is 0.512. The second kappa shape index (κ2) is 4.20. The number of carbonyl (C=O) groups excluding carboxylic acids is 1. The highest BCUT2D eigenvalue weighted by Gasteiger charge is 2.39. The fourth-order valence-electron chi connectivity index (χ4n) is 1.93. The number of amides is 1. The third-order valence-electron chi connectivity index (χ3n) is 2.77. The zero-order valence-electron chi connectivity index (χ0n) is 8.75. The van der Waals surface area contributed by atoms with Crippen LogP contribution in [-0.2, 0) is 0 Å². The molecule has 1 atom stereocenters. The van der Waals surface area contributed by atoms with Crippen molar-refractivity contribution in [2.45, 2.75) is 31.2 Å². The number of hydrogen-bond donors (Lipinski definition) is 1. The van der Waals surface area contributed by atoms with E-state index in [0.29, 0.717) is 12.0 Å². The van der Waals surface area contributed by atoms with Gasteiger partial charge in [-0.1, -0.05) is 18.2 Å². The van der Waals surface area contributed by atoms with Crippen LogP contribution < -0.4 is 5.32 Å². The van der Waals surface area contributed by atoms with Gasteiger partial charge in [-0.2, -0.15) is 0 Å². The molecule has 4 heteroatoms. The van der Waals surface area contributed by atoms with Crippen LogP contribution in [-0.4, -0.2) is 17.9 Å². The number of carbonyl (C=O) groups is 1. The minimum atomic E-state index is -2.62. The summed E-state index contributed by atoms with van der Waals surface area (Å²) < 4.78 is 25.8. The molecule has 1 fully saturated rings. The number of rotatable bonds is 2. The highest BCUT2D eigenvalue weighted by atomic mass is 19.3. The molecular formula is C12H13F2NO. The predicted molar refractivity (Wildman–Crippen MR) is 56.5 cm³/mol. The summed E-state index contributed by atoms with van der Waals surface area (Å²) in [7, 11) is 0. The van der Waals surface area contributed by atoms with Crippen LogP contribution in [0.1, 0.15) is 29.6 Å². The van der Waals surface area contributed by atoms with Gasteiger partial charge in [-0.25, -0.2) is 8.78 Å². The van der Waals surface area contributed by atoms with Gasteiger partial charge >= 0.3 is 0 Å². The highest BCUT2D eigenvalue weighted by molar-refractivity contribution is 5.94. The summed E-state index contributed by atoms with van der Waals surface area (Å²) in [6.45, 7) is 0. The Morgan fingerprint density at radius 1 is 1.31 bits per heavy atom. The van der Waals surface area contributed by atoms with Crippen molar-refractivity contribution >= 4 is 5.91 Å². The molecule has 0 radical (unpaired) electrons. The molecule has 0 aliphatic heterocycles. The fraction of sp³-hybridized carbons (Fsp3) is 0.417. The van der Waals surface area contributed by atoms with E-state index in [9.17, 15) is 13.6 Å². The number of halogens is 2. The number of hydrogen-bond acceptors (Lipinski definition) is 1. The molecule has 1 amide bonds. The van der Waals surface area contributed by atoms with Gasteiger partial charge < -0.3 is 5.32 Å². The van der Waals surface area contributed by atoms with E-state index < -0.39 is 12.0 Å². The SMILES string of the molecule is O=C(NC1CCC(F)(F)C1)c1ccccc1. The molecule has 0 saturated heterocycles. The van der Waals surface area contributed by atoms with E-state index in [1.807, 2.05) is 0 Å². The zero-order chi connectivity index (χ0) is 11.6. The van der Waals surface area contributed by atoms with Gasteiger partial charge in [-0.15, -0.1) is 0 Å². The van der Waals surface area contributed by atoms with Gasteiger partial charge in [0.25, 0.3) is 5.91 Å². The van der Waals surface area contributed by atoms with Gasteiger partial charge in [0.05, 0.1) is 0 Å². The summed E-state index contributed by atoms with van der Waals surface area (Å²) >= 11 is 0. The van der Waals surface area contributed by atoms with Crippen LogP contribution in [0.5, 0.6) is 0 Å². The van der Waals surface area contributed by atoms with E-state index in [0.717, 1.165) is 0 Å². The second-order valence-corrected chi connectivity index (χ2v) is 4.14. The minimum absolute atomic E-state index is 0.132. The quantitative estimate of drug-likeness (QED) is 0.823. The largest absolute Gasteiger partial charge is 0.349 e. The molecule has 2 nitrogen and oxygen atoms in total. The topological polar surface area (TPSA) is 29.1 Å². The van der Waals surface area contributed by atoms with Crippen molar-refractivity contribution < 1.29 is 13.6 Å². The van der Waals surface area contributed by atoms with Crippen molar-refractivity contribution in [1.29, 1.82) is 0 Å². The Bertz CT molecular complexity index is 378. The van der Waals surface area contributed by atoms with Crippen LogP contribution in [0.3, 0.4) is 0 Å². The average Bonchev–Trinajstić information content (AvgIpc) is 2.59. The molecule has 86 valence electrons. The first kappa shape index (κ1) is 11.0. The summed E-state index contributed by atoms with van der Waals surface area (Å²) in [6, 6.07) is 8.24. The molecule has 1 aromatic rings. The van der Waals surface area contributed by atoms with Crippen LogP contribution in [0.25, 0.3) is 0 Å². The van der Waals surface area contributed by atoms with Gasteiger partial charge in [0.15, 0.2) is 0 Å². The Hall–Kier alpha value is -1.45. The van der Waals surface area contributed by atoms with Gasteiger partial charge in [0, 0.05) is 24.4 Å². The van der Waals surface area contributed by atoms with Crippen molar-refractivity contribution in [2.75, 3.05) is 0 Å². The molecule has 1 aromatic carbocycles. The van der Waals surface area contributed by atoms with Gasteiger partial charge in [-0.05, 0) is 18.6 Å². The Balaban J connectivity index is 1.94. The smallest absolute Gasteiger partial charge is 0.251 e. The minimum Gasteiger partial charge on any atom is -0.349 e. The lowest BCUT2D eigenvalue weighted by Gasteiger charge is -2.12. The molecule has 1 aliphatic carbocycles. The third-order valence-corrected chi connectivity index (χ3v) is 2.77. The molecule has 0 heterocycles. The lowest BCUT2D eigenvalue weighted by molar-refractivity contribution is 0.00711. The van der Waals surface area contributed by atoms with Crippen molar-refractivity contribution in [1.82, 2.24) is 5.32 Å². The number of benzene rings is 1. The standard InChI is InChI=1S/C12H13F2NO/c13-12(14)7-6-10(8-12)15-11(16)9-4-2-1-3-5-9/h1-5,10H,6-8H2,(H,15,16). The number of nitrogens with one attached hydrogen (secondary N) is 1. The lowest BCUT2D eigenvalue weighted by Crippen LogP contribution is -2.33. The van der Waals surface area contributed by atoms with Crippen molar-refractivity contribution in [3.05, 3.63) is 35.9 Å². The Kier molecular flexibility index (Phi) is 2.90. The van der Waals surface area contributed by atoms with E-state index in [1.165, 1.54) is 0 Å². The maximum atomic E-state index is 12.9. The Morgan fingerprint density at radius 2 is 2.00 bits per heavy atom. The summed E-state index contributed by atoms with van der Waals surface area (Å²) in [4.78, 5) is 11.7. The average molecular weight is 225 g/mol. The third kappa shape index (κ3) is 2.56. The summed E-state index contributed by atoms with van der Waals surface area (Å²) in [6.07, 6.45) is -0.0239. The van der Waals surface area contributed by atoms with Crippen molar-refractivity contribution in [3.8, 4) is 0 Å². The zero-order valence-corrected chi connectivity index (χ0v) is 8.75. The van der Waals surface area contributed by atoms with Crippen LogP contribution in [0.2, 0.25) is 0 Å². The molecule has 1 aliphatic rings. The lowest BCUT2D eigenvalue weighted by atomic mass is 10.2.